The third-order valence-corrected chi connectivity index (χ3v) is 3.79. The topological polar surface area (TPSA) is 69.4 Å². The van der Waals surface area contributed by atoms with Crippen molar-refractivity contribution in [1.29, 1.82) is 0 Å². The molecular weight excluding hydrogens is 270 g/mol. The van der Waals surface area contributed by atoms with Crippen LogP contribution in [-0.4, -0.2) is 43.6 Å². The standard InChI is InChI=1S/C15H19N3O3/c1-16-12-9-20-8-11(12)15-17-14(18-21-15)7-10-5-3-4-6-13(10)19-2/h3-6,11-12,16H,7-9H2,1-2H3. The first kappa shape index (κ1) is 14.0. The molecule has 1 fully saturated rings. The lowest BCUT2D eigenvalue weighted by atomic mass is 10.0. The van der Waals surface area contributed by atoms with Crippen molar-refractivity contribution in [2.24, 2.45) is 0 Å². The molecule has 1 N–H and O–H groups in total. The van der Waals surface area contributed by atoms with Crippen LogP contribution in [0.5, 0.6) is 5.75 Å². The van der Waals surface area contributed by atoms with Gasteiger partial charge in [-0.25, -0.2) is 0 Å². The number of likely N-dealkylation sites (N-methyl/N-ethyl adjacent to an activating group) is 1. The van der Waals surface area contributed by atoms with E-state index >= 15 is 0 Å². The molecule has 1 aliphatic rings. The highest BCUT2D eigenvalue weighted by Crippen LogP contribution is 2.25. The van der Waals surface area contributed by atoms with Crippen molar-refractivity contribution in [1.82, 2.24) is 15.5 Å². The van der Waals surface area contributed by atoms with Crippen molar-refractivity contribution < 1.29 is 14.0 Å². The number of para-hydroxylation sites is 1. The van der Waals surface area contributed by atoms with Crippen LogP contribution < -0.4 is 10.1 Å². The van der Waals surface area contributed by atoms with Crippen molar-refractivity contribution in [2.45, 2.75) is 18.4 Å². The molecule has 2 unspecified atom stereocenters. The predicted octanol–water partition coefficient (Wildman–Crippen LogP) is 1.37. The fourth-order valence-corrected chi connectivity index (χ4v) is 2.59. The Hall–Kier alpha value is -1.92. The van der Waals surface area contributed by atoms with Gasteiger partial charge in [-0.1, -0.05) is 23.4 Å². The number of ether oxygens (including phenoxy) is 2. The predicted molar refractivity (Wildman–Crippen MR) is 76.5 cm³/mol. The van der Waals surface area contributed by atoms with E-state index in [2.05, 4.69) is 15.5 Å². The van der Waals surface area contributed by atoms with Crippen molar-refractivity contribution >= 4 is 0 Å². The van der Waals surface area contributed by atoms with Gasteiger partial charge >= 0.3 is 0 Å². The van der Waals surface area contributed by atoms with E-state index in [-0.39, 0.29) is 12.0 Å². The quantitative estimate of drug-likeness (QED) is 0.896. The smallest absolute Gasteiger partial charge is 0.233 e. The average molecular weight is 289 g/mol. The zero-order chi connectivity index (χ0) is 14.7. The second-order valence-corrected chi connectivity index (χ2v) is 5.08. The van der Waals surface area contributed by atoms with E-state index in [4.69, 9.17) is 14.0 Å². The molecule has 6 nitrogen and oxygen atoms in total. The number of rotatable bonds is 5. The van der Waals surface area contributed by atoms with Crippen LogP contribution in [0.1, 0.15) is 23.2 Å². The SMILES string of the molecule is CNC1COCC1c1nc(Cc2ccccc2OC)no1. The Balaban J connectivity index is 1.76. The molecule has 0 saturated carbocycles. The van der Waals surface area contributed by atoms with Gasteiger partial charge in [-0.05, 0) is 13.1 Å². The molecular formula is C15H19N3O3. The second-order valence-electron chi connectivity index (χ2n) is 5.08. The van der Waals surface area contributed by atoms with E-state index in [9.17, 15) is 0 Å². The summed E-state index contributed by atoms with van der Waals surface area (Å²) >= 11 is 0. The molecule has 3 rings (SSSR count). The molecule has 0 amide bonds. The molecule has 0 spiro atoms. The number of hydrogen-bond acceptors (Lipinski definition) is 6. The summed E-state index contributed by atoms with van der Waals surface area (Å²) < 4.78 is 16.2. The number of methoxy groups -OCH3 is 1. The van der Waals surface area contributed by atoms with Gasteiger partial charge in [-0.2, -0.15) is 4.98 Å². The first-order chi connectivity index (χ1) is 10.3. The summed E-state index contributed by atoms with van der Waals surface area (Å²) in [7, 11) is 3.58. The summed E-state index contributed by atoms with van der Waals surface area (Å²) in [5.41, 5.74) is 1.04. The maximum Gasteiger partial charge on any atom is 0.233 e. The number of hydrogen-bond donors (Lipinski definition) is 1. The van der Waals surface area contributed by atoms with Gasteiger partial charge in [0.25, 0.3) is 0 Å². The summed E-state index contributed by atoms with van der Waals surface area (Å²) in [6.45, 7) is 1.28. The lowest BCUT2D eigenvalue weighted by Gasteiger charge is -2.11. The van der Waals surface area contributed by atoms with Gasteiger partial charge in [0.15, 0.2) is 5.82 Å². The largest absolute Gasteiger partial charge is 0.496 e. The lowest BCUT2D eigenvalue weighted by molar-refractivity contribution is 0.185. The summed E-state index contributed by atoms with van der Waals surface area (Å²) in [6.07, 6.45) is 0.589. The average Bonchev–Trinajstić information content (AvgIpc) is 3.16. The monoisotopic (exact) mass is 289 g/mol. The van der Waals surface area contributed by atoms with Crippen molar-refractivity contribution in [3.05, 3.63) is 41.5 Å². The maximum atomic E-state index is 5.47. The van der Waals surface area contributed by atoms with Crippen molar-refractivity contribution in [3.8, 4) is 5.75 Å². The molecule has 2 atom stereocenters. The van der Waals surface area contributed by atoms with Crippen LogP contribution in [0, 0.1) is 0 Å². The first-order valence-corrected chi connectivity index (χ1v) is 7.01. The zero-order valence-electron chi connectivity index (χ0n) is 12.2. The Morgan fingerprint density at radius 2 is 2.19 bits per heavy atom. The number of nitrogens with zero attached hydrogens (tertiary/aromatic N) is 2. The normalized spacial score (nSPS) is 21.6. The van der Waals surface area contributed by atoms with Gasteiger partial charge in [0, 0.05) is 18.0 Å². The molecule has 0 bridgehead atoms. The van der Waals surface area contributed by atoms with Crippen molar-refractivity contribution in [2.75, 3.05) is 27.4 Å². The number of benzene rings is 1. The molecule has 0 radical (unpaired) electrons. The number of nitrogens with one attached hydrogen (secondary N) is 1. The zero-order valence-corrected chi connectivity index (χ0v) is 12.2. The minimum Gasteiger partial charge on any atom is -0.496 e. The highest BCUT2D eigenvalue weighted by atomic mass is 16.5. The lowest BCUT2D eigenvalue weighted by Crippen LogP contribution is -2.31. The van der Waals surface area contributed by atoms with Gasteiger partial charge < -0.3 is 19.3 Å². The molecule has 6 heteroatoms. The minimum atomic E-state index is 0.119. The Labute approximate surface area is 123 Å². The van der Waals surface area contributed by atoms with E-state index < -0.39 is 0 Å². The van der Waals surface area contributed by atoms with Crippen LogP contribution in [0.25, 0.3) is 0 Å². The molecule has 112 valence electrons. The van der Waals surface area contributed by atoms with E-state index in [1.54, 1.807) is 7.11 Å². The van der Waals surface area contributed by atoms with Gasteiger partial charge in [-0.3, -0.25) is 0 Å². The van der Waals surface area contributed by atoms with Crippen molar-refractivity contribution in [3.63, 3.8) is 0 Å². The van der Waals surface area contributed by atoms with Gasteiger partial charge in [-0.15, -0.1) is 0 Å². The van der Waals surface area contributed by atoms with E-state index in [1.165, 1.54) is 0 Å². The summed E-state index contributed by atoms with van der Waals surface area (Å²) in [5.74, 6) is 2.25. The molecule has 1 aromatic carbocycles. The maximum absolute atomic E-state index is 5.47. The van der Waals surface area contributed by atoms with Crippen LogP contribution in [-0.2, 0) is 11.2 Å². The molecule has 1 aromatic heterocycles. The summed E-state index contributed by atoms with van der Waals surface area (Å²) in [6, 6.07) is 8.07. The van der Waals surface area contributed by atoms with Gasteiger partial charge in [0.2, 0.25) is 5.89 Å². The Kier molecular flexibility index (Phi) is 4.17. The van der Waals surface area contributed by atoms with E-state index in [0.29, 0.717) is 31.3 Å². The van der Waals surface area contributed by atoms with Crippen LogP contribution in [0.2, 0.25) is 0 Å². The van der Waals surface area contributed by atoms with E-state index in [1.807, 2.05) is 31.3 Å². The van der Waals surface area contributed by atoms with Gasteiger partial charge in [0.05, 0.1) is 26.2 Å². The third kappa shape index (κ3) is 2.91. The molecule has 2 aromatic rings. The fourth-order valence-electron chi connectivity index (χ4n) is 2.59. The summed E-state index contributed by atoms with van der Waals surface area (Å²) in [4.78, 5) is 4.51. The molecule has 1 saturated heterocycles. The fraction of sp³-hybridized carbons (Fsp3) is 0.467. The third-order valence-electron chi connectivity index (χ3n) is 3.79. The van der Waals surface area contributed by atoms with Crippen LogP contribution in [0.4, 0.5) is 0 Å². The van der Waals surface area contributed by atoms with Crippen LogP contribution >= 0.6 is 0 Å². The minimum absolute atomic E-state index is 0.119. The highest BCUT2D eigenvalue weighted by molar-refractivity contribution is 5.35. The Morgan fingerprint density at radius 3 is 3.00 bits per heavy atom. The van der Waals surface area contributed by atoms with E-state index in [0.717, 1.165) is 11.3 Å². The van der Waals surface area contributed by atoms with Gasteiger partial charge in [0.1, 0.15) is 5.75 Å². The molecule has 2 heterocycles. The highest BCUT2D eigenvalue weighted by Gasteiger charge is 2.32. The Bertz CT molecular complexity index is 599. The van der Waals surface area contributed by atoms with Crippen LogP contribution in [0.3, 0.4) is 0 Å². The number of aromatic nitrogens is 2. The Morgan fingerprint density at radius 1 is 1.33 bits per heavy atom. The summed E-state index contributed by atoms with van der Waals surface area (Å²) in [5, 5.41) is 7.29. The van der Waals surface area contributed by atoms with Crippen LogP contribution in [0.15, 0.2) is 28.8 Å². The molecule has 21 heavy (non-hydrogen) atoms. The first-order valence-electron chi connectivity index (χ1n) is 7.01. The molecule has 1 aliphatic heterocycles. The molecule has 0 aliphatic carbocycles. The second kappa shape index (κ2) is 6.24.